The predicted molar refractivity (Wildman–Crippen MR) is 111 cm³/mol. The minimum absolute atomic E-state index is 0.499. The molecular formula is C26H43. The van der Waals surface area contributed by atoms with Crippen LogP contribution in [-0.4, -0.2) is 0 Å². The molecule has 0 aliphatic heterocycles. The van der Waals surface area contributed by atoms with Gasteiger partial charge in [0.2, 0.25) is 0 Å². The first kappa shape index (κ1) is 18.1. The zero-order chi connectivity index (χ0) is 18.3. The highest BCUT2D eigenvalue weighted by Gasteiger charge is 2.68. The van der Waals surface area contributed by atoms with Crippen molar-refractivity contribution in [1.29, 1.82) is 0 Å². The summed E-state index contributed by atoms with van der Waals surface area (Å²) in [6.07, 6.45) is 17.7. The zero-order valence-electron chi connectivity index (χ0n) is 18.2. The Balaban J connectivity index is 1.53. The molecule has 0 aromatic rings. The second kappa shape index (κ2) is 5.76. The van der Waals surface area contributed by atoms with Crippen molar-refractivity contribution in [2.45, 2.75) is 98.8 Å². The van der Waals surface area contributed by atoms with Gasteiger partial charge in [-0.05, 0) is 122 Å². The molecule has 0 aromatic carbocycles. The van der Waals surface area contributed by atoms with Crippen molar-refractivity contribution in [1.82, 2.24) is 0 Å². The minimum atomic E-state index is 0.499. The van der Waals surface area contributed by atoms with Crippen LogP contribution in [0.15, 0.2) is 0 Å². The summed E-state index contributed by atoms with van der Waals surface area (Å²) in [4.78, 5) is 0. The third-order valence-electron chi connectivity index (χ3n) is 12.1. The Bertz CT molecular complexity index is 560. The fourth-order valence-corrected chi connectivity index (χ4v) is 10.1. The van der Waals surface area contributed by atoms with E-state index in [1.165, 1.54) is 38.5 Å². The number of fused-ring (bicyclic) bond motifs is 7. The lowest BCUT2D eigenvalue weighted by Gasteiger charge is -2.69. The monoisotopic (exact) mass is 355 g/mol. The number of hydrogen-bond acceptors (Lipinski definition) is 0. The van der Waals surface area contributed by atoms with Crippen molar-refractivity contribution in [3.8, 4) is 0 Å². The van der Waals surface area contributed by atoms with E-state index in [4.69, 9.17) is 0 Å². The fourth-order valence-electron chi connectivity index (χ4n) is 10.1. The summed E-state index contributed by atoms with van der Waals surface area (Å²) in [7, 11) is 0. The normalized spacial score (nSPS) is 58.3. The van der Waals surface area contributed by atoms with Gasteiger partial charge in [0, 0.05) is 0 Å². The maximum Gasteiger partial charge on any atom is -0.0215 e. The SMILES string of the molecule is CC1C2C3CCC4C[CH]CCC4C3CCC2C2(C)CCCC2(C)C1(C)C. The fraction of sp³-hybridized carbons (Fsp3) is 0.962. The second-order valence-corrected chi connectivity index (χ2v) is 12.3. The molecule has 147 valence electrons. The Hall–Kier alpha value is 0. The molecule has 0 amide bonds. The second-order valence-electron chi connectivity index (χ2n) is 12.3. The molecule has 0 heterocycles. The lowest BCUT2D eigenvalue weighted by atomic mass is 9.35. The average molecular weight is 356 g/mol. The van der Waals surface area contributed by atoms with Gasteiger partial charge in [0.15, 0.2) is 0 Å². The van der Waals surface area contributed by atoms with Crippen LogP contribution < -0.4 is 0 Å². The predicted octanol–water partition coefficient (Wildman–Crippen LogP) is 7.53. The molecule has 9 unspecified atom stereocenters. The smallest absolute Gasteiger partial charge is 0.0215 e. The van der Waals surface area contributed by atoms with Gasteiger partial charge in [0.1, 0.15) is 0 Å². The lowest BCUT2D eigenvalue weighted by Crippen LogP contribution is -2.63. The largest absolute Gasteiger partial charge is 0.0617 e. The minimum Gasteiger partial charge on any atom is -0.0617 e. The van der Waals surface area contributed by atoms with Crippen LogP contribution >= 0.6 is 0 Å². The third kappa shape index (κ3) is 2.03. The Morgan fingerprint density at radius 1 is 0.808 bits per heavy atom. The molecule has 0 N–H and O–H groups in total. The van der Waals surface area contributed by atoms with Gasteiger partial charge >= 0.3 is 0 Å². The first-order valence-corrected chi connectivity index (χ1v) is 12.1. The highest BCUT2D eigenvalue weighted by molar-refractivity contribution is 5.17. The highest BCUT2D eigenvalue weighted by Crippen LogP contribution is 2.75. The van der Waals surface area contributed by atoms with Gasteiger partial charge in [0.25, 0.3) is 0 Å². The average Bonchev–Trinajstić information content (AvgIpc) is 2.97. The molecule has 5 aliphatic rings. The van der Waals surface area contributed by atoms with Crippen LogP contribution in [0.25, 0.3) is 0 Å². The van der Waals surface area contributed by atoms with E-state index < -0.39 is 0 Å². The van der Waals surface area contributed by atoms with Crippen LogP contribution in [0.4, 0.5) is 0 Å². The Kier molecular flexibility index (Phi) is 4.00. The molecule has 5 fully saturated rings. The number of hydrogen-bond donors (Lipinski definition) is 0. The topological polar surface area (TPSA) is 0 Å². The van der Waals surface area contributed by atoms with Crippen LogP contribution in [0.3, 0.4) is 0 Å². The Morgan fingerprint density at radius 2 is 1.58 bits per heavy atom. The molecule has 0 nitrogen and oxygen atoms in total. The van der Waals surface area contributed by atoms with Crippen molar-refractivity contribution in [2.24, 2.45) is 57.7 Å². The van der Waals surface area contributed by atoms with Crippen molar-refractivity contribution >= 4 is 0 Å². The summed E-state index contributed by atoms with van der Waals surface area (Å²) >= 11 is 0. The van der Waals surface area contributed by atoms with Gasteiger partial charge in [0.05, 0.1) is 0 Å². The summed E-state index contributed by atoms with van der Waals surface area (Å²) < 4.78 is 0. The molecule has 5 saturated carbocycles. The molecule has 0 spiro atoms. The van der Waals surface area contributed by atoms with Gasteiger partial charge in [-0.25, -0.2) is 0 Å². The molecule has 5 aliphatic carbocycles. The van der Waals surface area contributed by atoms with E-state index in [2.05, 4.69) is 41.0 Å². The van der Waals surface area contributed by atoms with Crippen molar-refractivity contribution in [3.05, 3.63) is 6.42 Å². The van der Waals surface area contributed by atoms with Crippen LogP contribution in [0, 0.1) is 64.1 Å². The Labute approximate surface area is 163 Å². The van der Waals surface area contributed by atoms with Gasteiger partial charge in [-0.3, -0.25) is 0 Å². The van der Waals surface area contributed by atoms with E-state index >= 15 is 0 Å². The third-order valence-corrected chi connectivity index (χ3v) is 12.1. The Morgan fingerprint density at radius 3 is 2.38 bits per heavy atom. The quantitative estimate of drug-likeness (QED) is 0.421. The molecule has 26 heavy (non-hydrogen) atoms. The van der Waals surface area contributed by atoms with E-state index in [-0.39, 0.29) is 0 Å². The van der Waals surface area contributed by atoms with E-state index in [0.717, 1.165) is 41.4 Å². The number of rotatable bonds is 0. The molecule has 0 bridgehead atoms. The maximum absolute atomic E-state index is 2.74. The van der Waals surface area contributed by atoms with Crippen LogP contribution in [0.5, 0.6) is 0 Å². The van der Waals surface area contributed by atoms with Crippen LogP contribution in [-0.2, 0) is 0 Å². The van der Waals surface area contributed by atoms with E-state index in [1.54, 1.807) is 25.7 Å². The van der Waals surface area contributed by atoms with E-state index in [1.807, 2.05) is 0 Å². The van der Waals surface area contributed by atoms with Crippen molar-refractivity contribution in [3.63, 3.8) is 0 Å². The molecule has 0 aromatic heterocycles. The molecule has 5 rings (SSSR count). The van der Waals surface area contributed by atoms with Crippen LogP contribution in [0.1, 0.15) is 98.8 Å². The first-order valence-electron chi connectivity index (χ1n) is 12.1. The maximum atomic E-state index is 2.74. The van der Waals surface area contributed by atoms with Gasteiger partial charge < -0.3 is 0 Å². The van der Waals surface area contributed by atoms with Crippen molar-refractivity contribution < 1.29 is 0 Å². The molecule has 9 atom stereocenters. The van der Waals surface area contributed by atoms with Gasteiger partial charge in [-0.15, -0.1) is 0 Å². The summed E-state index contributed by atoms with van der Waals surface area (Å²) in [5.74, 6) is 7.22. The first-order chi connectivity index (χ1) is 12.3. The summed E-state index contributed by atoms with van der Waals surface area (Å²) in [6, 6.07) is 0. The molecular weight excluding hydrogens is 312 g/mol. The van der Waals surface area contributed by atoms with E-state index in [0.29, 0.717) is 16.2 Å². The molecule has 0 saturated heterocycles. The molecule has 0 heteroatoms. The zero-order valence-corrected chi connectivity index (χ0v) is 18.2. The van der Waals surface area contributed by atoms with Gasteiger partial charge in [-0.1, -0.05) is 41.0 Å². The summed E-state index contributed by atoms with van der Waals surface area (Å²) in [5, 5.41) is 0. The highest BCUT2D eigenvalue weighted by atomic mass is 14.7. The lowest BCUT2D eigenvalue weighted by molar-refractivity contribution is -0.212. The van der Waals surface area contributed by atoms with Gasteiger partial charge in [-0.2, -0.15) is 0 Å². The van der Waals surface area contributed by atoms with Crippen LogP contribution in [0.2, 0.25) is 0 Å². The van der Waals surface area contributed by atoms with Crippen molar-refractivity contribution in [2.75, 3.05) is 0 Å². The summed E-state index contributed by atoms with van der Waals surface area (Å²) in [6.45, 7) is 13.5. The standard InChI is InChI=1S/C26H43/c1-17-23-21-12-11-18-9-6-7-10-19(18)20(21)13-14-22(23)25(4)15-8-16-26(25,5)24(17,2)3/h6,17-23H,7-16H2,1-5H3. The summed E-state index contributed by atoms with van der Waals surface area (Å²) in [5.41, 5.74) is 1.67. The molecule has 1 radical (unpaired) electrons. The van der Waals surface area contributed by atoms with E-state index in [9.17, 15) is 0 Å².